The Kier molecular flexibility index (Phi) is 1.73. The molecule has 0 saturated carbocycles. The number of carbonyl (C=O) groups is 1. The first-order valence-corrected chi connectivity index (χ1v) is 5.03. The molecule has 0 fully saturated rings. The van der Waals surface area contributed by atoms with E-state index in [0.717, 1.165) is 0 Å². The quantitative estimate of drug-likeness (QED) is 0.676. The van der Waals surface area contributed by atoms with Crippen LogP contribution in [0.5, 0.6) is 0 Å². The van der Waals surface area contributed by atoms with Crippen molar-refractivity contribution in [1.29, 1.82) is 0 Å². The highest BCUT2D eigenvalue weighted by atomic mass is 32.2. The van der Waals surface area contributed by atoms with Crippen LogP contribution >= 0.6 is 23.5 Å². The molecule has 2 rings (SSSR count). The Balaban J connectivity index is 2.15. The number of carboxylic acid groups (broad SMARTS) is 1. The molecule has 1 N–H and O–H groups in total. The molecule has 4 heteroatoms. The van der Waals surface area contributed by atoms with Crippen LogP contribution < -0.4 is 0 Å². The Morgan fingerprint density at radius 2 is 2.36 bits per heavy atom. The van der Waals surface area contributed by atoms with Crippen LogP contribution in [0.25, 0.3) is 0 Å². The predicted octanol–water partition coefficient (Wildman–Crippen LogP) is 1.70. The van der Waals surface area contributed by atoms with Crippen molar-refractivity contribution in [3.05, 3.63) is 22.5 Å². The van der Waals surface area contributed by atoms with E-state index in [1.54, 1.807) is 11.8 Å². The molecule has 2 nitrogen and oxygen atoms in total. The lowest BCUT2D eigenvalue weighted by Gasteiger charge is -2.02. The van der Waals surface area contributed by atoms with Crippen molar-refractivity contribution in [2.24, 2.45) is 0 Å². The first-order chi connectivity index (χ1) is 5.27. The molecule has 2 aliphatic heterocycles. The summed E-state index contributed by atoms with van der Waals surface area (Å²) in [7, 11) is 0. The lowest BCUT2D eigenvalue weighted by atomic mass is 10.3. The normalized spacial score (nSPS) is 33.6. The maximum absolute atomic E-state index is 10.5. The highest BCUT2D eigenvalue weighted by Gasteiger charge is 2.32. The van der Waals surface area contributed by atoms with Gasteiger partial charge in [-0.05, 0) is 11.5 Å². The second-order valence-corrected chi connectivity index (χ2v) is 4.66. The monoisotopic (exact) mass is 186 g/mol. The van der Waals surface area contributed by atoms with E-state index in [1.165, 1.54) is 11.8 Å². The zero-order valence-electron chi connectivity index (χ0n) is 5.56. The number of carboxylic acids is 1. The van der Waals surface area contributed by atoms with Gasteiger partial charge in [-0.3, -0.25) is 0 Å². The van der Waals surface area contributed by atoms with Crippen LogP contribution in [0.2, 0.25) is 0 Å². The molecular weight excluding hydrogens is 180 g/mol. The minimum Gasteiger partial charge on any atom is -0.477 e. The molecule has 0 aromatic rings. The Labute approximate surface area is 72.7 Å². The van der Waals surface area contributed by atoms with Gasteiger partial charge in [0.05, 0.1) is 4.91 Å². The standard InChI is InChI=1S/C7H6O2S2/c8-7(9)6-3-5-4(11-6)1-2-10-5/h1-5H,(H,8,9). The molecule has 0 bridgehead atoms. The van der Waals surface area contributed by atoms with Gasteiger partial charge < -0.3 is 5.11 Å². The van der Waals surface area contributed by atoms with Crippen LogP contribution in [-0.2, 0) is 4.79 Å². The third kappa shape index (κ3) is 1.20. The smallest absolute Gasteiger partial charge is 0.341 e. The van der Waals surface area contributed by atoms with Gasteiger partial charge in [0.15, 0.2) is 0 Å². The molecule has 0 radical (unpaired) electrons. The largest absolute Gasteiger partial charge is 0.477 e. The van der Waals surface area contributed by atoms with E-state index in [0.29, 0.717) is 15.4 Å². The minimum absolute atomic E-state index is 0.367. The lowest BCUT2D eigenvalue weighted by Crippen LogP contribution is -2.04. The molecule has 0 aliphatic carbocycles. The Morgan fingerprint density at radius 1 is 1.55 bits per heavy atom. The Hall–Kier alpha value is -0.350. The van der Waals surface area contributed by atoms with Crippen molar-refractivity contribution in [2.75, 3.05) is 0 Å². The van der Waals surface area contributed by atoms with Gasteiger partial charge in [0, 0.05) is 10.5 Å². The third-order valence-electron chi connectivity index (χ3n) is 1.62. The van der Waals surface area contributed by atoms with Gasteiger partial charge in [-0.2, -0.15) is 0 Å². The molecular formula is C7H6O2S2. The van der Waals surface area contributed by atoms with E-state index in [9.17, 15) is 4.79 Å². The number of hydrogen-bond acceptors (Lipinski definition) is 3. The van der Waals surface area contributed by atoms with E-state index in [4.69, 9.17) is 5.11 Å². The Morgan fingerprint density at radius 3 is 3.00 bits per heavy atom. The molecule has 2 unspecified atom stereocenters. The molecule has 11 heavy (non-hydrogen) atoms. The average molecular weight is 186 g/mol. The van der Waals surface area contributed by atoms with Crippen LogP contribution in [0.1, 0.15) is 0 Å². The molecule has 2 atom stereocenters. The van der Waals surface area contributed by atoms with E-state index >= 15 is 0 Å². The third-order valence-corrected chi connectivity index (χ3v) is 4.13. The number of fused-ring (bicyclic) bond motifs is 1. The molecule has 0 amide bonds. The van der Waals surface area contributed by atoms with Gasteiger partial charge >= 0.3 is 5.97 Å². The lowest BCUT2D eigenvalue weighted by molar-refractivity contribution is -0.131. The van der Waals surface area contributed by atoms with Crippen molar-refractivity contribution >= 4 is 29.5 Å². The van der Waals surface area contributed by atoms with Gasteiger partial charge in [-0.25, -0.2) is 4.79 Å². The Bertz CT molecular complexity index is 257. The summed E-state index contributed by atoms with van der Waals surface area (Å²) in [6, 6.07) is 0. The fraction of sp³-hybridized carbons (Fsp3) is 0.286. The summed E-state index contributed by atoms with van der Waals surface area (Å²) >= 11 is 3.14. The van der Waals surface area contributed by atoms with E-state index in [2.05, 4.69) is 6.08 Å². The van der Waals surface area contributed by atoms with Gasteiger partial charge in [0.1, 0.15) is 0 Å². The maximum atomic E-state index is 10.5. The molecule has 58 valence electrons. The molecule has 2 heterocycles. The molecule has 0 aromatic carbocycles. The van der Waals surface area contributed by atoms with Crippen molar-refractivity contribution in [3.63, 3.8) is 0 Å². The zero-order valence-corrected chi connectivity index (χ0v) is 7.19. The number of aliphatic carboxylic acids is 1. The van der Waals surface area contributed by atoms with E-state index < -0.39 is 5.97 Å². The van der Waals surface area contributed by atoms with Crippen LogP contribution in [0, 0.1) is 0 Å². The molecule has 0 saturated heterocycles. The summed E-state index contributed by atoms with van der Waals surface area (Å²) in [4.78, 5) is 11.0. The van der Waals surface area contributed by atoms with Gasteiger partial charge in [-0.1, -0.05) is 6.08 Å². The SMILES string of the molecule is O=C(O)C1=CC2SC=CC2S1. The number of thioether (sulfide) groups is 2. The number of rotatable bonds is 1. The van der Waals surface area contributed by atoms with Crippen molar-refractivity contribution in [2.45, 2.75) is 10.5 Å². The number of hydrogen-bond donors (Lipinski definition) is 1. The molecule has 0 aromatic heterocycles. The highest BCUT2D eigenvalue weighted by molar-refractivity contribution is 8.09. The summed E-state index contributed by atoms with van der Waals surface area (Å²) in [6.07, 6.45) is 3.90. The second kappa shape index (κ2) is 2.60. The van der Waals surface area contributed by atoms with Gasteiger partial charge in [0.2, 0.25) is 0 Å². The van der Waals surface area contributed by atoms with E-state index in [1.807, 2.05) is 11.5 Å². The van der Waals surface area contributed by atoms with Crippen LogP contribution in [0.15, 0.2) is 22.5 Å². The van der Waals surface area contributed by atoms with Gasteiger partial charge in [-0.15, -0.1) is 23.5 Å². The van der Waals surface area contributed by atoms with Crippen LogP contribution in [0.3, 0.4) is 0 Å². The first kappa shape index (κ1) is 7.31. The minimum atomic E-state index is -0.793. The molecule has 2 aliphatic rings. The summed E-state index contributed by atoms with van der Waals surface area (Å²) < 4.78 is 0. The predicted molar refractivity (Wildman–Crippen MR) is 47.6 cm³/mol. The summed E-state index contributed by atoms with van der Waals surface area (Å²) in [6.45, 7) is 0. The first-order valence-electron chi connectivity index (χ1n) is 3.21. The van der Waals surface area contributed by atoms with Crippen molar-refractivity contribution in [3.8, 4) is 0 Å². The van der Waals surface area contributed by atoms with Crippen molar-refractivity contribution < 1.29 is 9.90 Å². The topological polar surface area (TPSA) is 37.3 Å². The maximum Gasteiger partial charge on any atom is 0.341 e. The average Bonchev–Trinajstić information content (AvgIpc) is 2.40. The molecule has 0 spiro atoms. The summed E-state index contributed by atoms with van der Waals surface area (Å²) in [5.41, 5.74) is 0. The highest BCUT2D eigenvalue weighted by Crippen LogP contribution is 2.43. The van der Waals surface area contributed by atoms with E-state index in [-0.39, 0.29) is 0 Å². The van der Waals surface area contributed by atoms with Crippen LogP contribution in [-0.4, -0.2) is 21.6 Å². The summed E-state index contributed by atoms with van der Waals surface area (Å²) in [5, 5.41) is 11.4. The van der Waals surface area contributed by atoms with Crippen molar-refractivity contribution in [1.82, 2.24) is 0 Å². The van der Waals surface area contributed by atoms with Crippen LogP contribution in [0.4, 0.5) is 0 Å². The second-order valence-electron chi connectivity index (χ2n) is 2.35. The fourth-order valence-electron chi connectivity index (χ4n) is 1.10. The summed E-state index contributed by atoms with van der Waals surface area (Å²) in [5.74, 6) is -0.793. The van der Waals surface area contributed by atoms with Gasteiger partial charge in [0.25, 0.3) is 0 Å². The zero-order chi connectivity index (χ0) is 7.84. The fourth-order valence-corrected chi connectivity index (χ4v) is 3.53.